The van der Waals surface area contributed by atoms with Gasteiger partial charge >= 0.3 is 0 Å². The molecule has 3 rings (SSSR count). The highest BCUT2D eigenvalue weighted by molar-refractivity contribution is 7.13. The molecule has 0 unspecified atom stereocenters. The predicted molar refractivity (Wildman–Crippen MR) is 87.0 cm³/mol. The molecule has 112 valence electrons. The van der Waals surface area contributed by atoms with E-state index in [1.54, 1.807) is 23.5 Å². The van der Waals surface area contributed by atoms with E-state index in [0.717, 1.165) is 21.7 Å². The van der Waals surface area contributed by atoms with Crippen molar-refractivity contribution in [1.29, 1.82) is 0 Å². The molecule has 22 heavy (non-hydrogen) atoms. The van der Waals surface area contributed by atoms with Crippen LogP contribution in [0.5, 0.6) is 0 Å². The van der Waals surface area contributed by atoms with E-state index in [4.69, 9.17) is 0 Å². The number of rotatable bonds is 4. The van der Waals surface area contributed by atoms with Gasteiger partial charge in [0.15, 0.2) is 5.69 Å². The molecule has 2 heterocycles. The molecule has 2 aromatic heterocycles. The zero-order chi connectivity index (χ0) is 15.5. The van der Waals surface area contributed by atoms with Gasteiger partial charge in [0, 0.05) is 5.69 Å². The Hall–Kier alpha value is -2.44. The van der Waals surface area contributed by atoms with E-state index < -0.39 is 0 Å². The highest BCUT2D eigenvalue weighted by Crippen LogP contribution is 2.23. The molecular formula is C16H15N3O2S. The highest BCUT2D eigenvalue weighted by Gasteiger charge is 2.13. The van der Waals surface area contributed by atoms with Gasteiger partial charge in [-0.15, -0.1) is 11.3 Å². The van der Waals surface area contributed by atoms with E-state index in [9.17, 15) is 9.90 Å². The van der Waals surface area contributed by atoms with Gasteiger partial charge in [0.2, 0.25) is 0 Å². The van der Waals surface area contributed by atoms with Crippen LogP contribution in [0.3, 0.4) is 0 Å². The Morgan fingerprint density at radius 2 is 2.23 bits per heavy atom. The van der Waals surface area contributed by atoms with Crippen LogP contribution < -0.4 is 5.32 Å². The topological polar surface area (TPSA) is 78.0 Å². The molecule has 0 atom stereocenters. The van der Waals surface area contributed by atoms with E-state index in [-0.39, 0.29) is 12.5 Å². The first-order valence-electron chi connectivity index (χ1n) is 6.78. The van der Waals surface area contributed by atoms with Crippen LogP contribution in [0.1, 0.15) is 21.6 Å². The van der Waals surface area contributed by atoms with Gasteiger partial charge < -0.3 is 10.4 Å². The minimum absolute atomic E-state index is 0.0614. The monoisotopic (exact) mass is 313 g/mol. The summed E-state index contributed by atoms with van der Waals surface area (Å²) in [4.78, 5) is 13.3. The Morgan fingerprint density at radius 3 is 2.95 bits per heavy atom. The average molecular weight is 313 g/mol. The predicted octanol–water partition coefficient (Wildman–Crippen LogP) is 3.19. The maximum atomic E-state index is 12.3. The highest BCUT2D eigenvalue weighted by atomic mass is 32.1. The van der Waals surface area contributed by atoms with Crippen molar-refractivity contribution in [1.82, 2.24) is 10.2 Å². The zero-order valence-corrected chi connectivity index (χ0v) is 12.8. The average Bonchev–Trinajstić information content (AvgIpc) is 3.20. The number of benzene rings is 1. The molecule has 1 aromatic carbocycles. The number of aromatic nitrogens is 2. The molecule has 0 saturated carbocycles. The first-order valence-corrected chi connectivity index (χ1v) is 7.66. The largest absolute Gasteiger partial charge is 0.392 e. The molecule has 3 aromatic rings. The minimum Gasteiger partial charge on any atom is -0.392 e. The molecule has 0 spiro atoms. The number of anilines is 1. The van der Waals surface area contributed by atoms with E-state index >= 15 is 0 Å². The molecule has 6 heteroatoms. The fourth-order valence-electron chi connectivity index (χ4n) is 2.08. The number of hydrogen-bond acceptors (Lipinski definition) is 4. The number of H-pyrrole nitrogens is 1. The van der Waals surface area contributed by atoms with Crippen LogP contribution in [0.25, 0.3) is 10.6 Å². The Kier molecular flexibility index (Phi) is 4.04. The van der Waals surface area contributed by atoms with Gasteiger partial charge in [-0.05, 0) is 41.6 Å². The summed E-state index contributed by atoms with van der Waals surface area (Å²) in [5, 5.41) is 20.9. The summed E-state index contributed by atoms with van der Waals surface area (Å²) in [6.45, 7) is 1.84. The van der Waals surface area contributed by atoms with Gasteiger partial charge in [-0.25, -0.2) is 0 Å². The lowest BCUT2D eigenvalue weighted by molar-refractivity contribution is 0.102. The second-order valence-corrected chi connectivity index (χ2v) is 5.85. The molecule has 3 N–H and O–H groups in total. The van der Waals surface area contributed by atoms with Crippen LogP contribution in [-0.4, -0.2) is 21.2 Å². The lowest BCUT2D eigenvalue weighted by Crippen LogP contribution is -2.13. The van der Waals surface area contributed by atoms with Crippen LogP contribution in [0.4, 0.5) is 5.69 Å². The first-order chi connectivity index (χ1) is 10.7. The van der Waals surface area contributed by atoms with E-state index in [2.05, 4.69) is 15.5 Å². The maximum absolute atomic E-state index is 12.3. The van der Waals surface area contributed by atoms with Crippen LogP contribution in [0, 0.1) is 6.92 Å². The van der Waals surface area contributed by atoms with Gasteiger partial charge in [-0.3, -0.25) is 9.89 Å². The van der Waals surface area contributed by atoms with Crippen LogP contribution in [-0.2, 0) is 6.61 Å². The summed E-state index contributed by atoms with van der Waals surface area (Å²) >= 11 is 1.58. The number of carbonyl (C=O) groups excluding carboxylic acids is 1. The van der Waals surface area contributed by atoms with Crippen LogP contribution in [0.15, 0.2) is 41.8 Å². The summed E-state index contributed by atoms with van der Waals surface area (Å²) in [6, 6.07) is 11.1. The van der Waals surface area contributed by atoms with Crippen LogP contribution >= 0.6 is 11.3 Å². The lowest BCUT2D eigenvalue weighted by atomic mass is 10.1. The number of aryl methyl sites for hydroxylation is 1. The molecule has 0 saturated heterocycles. The number of carbonyl (C=O) groups is 1. The van der Waals surface area contributed by atoms with Crippen molar-refractivity contribution in [2.45, 2.75) is 13.5 Å². The van der Waals surface area contributed by atoms with Crippen molar-refractivity contribution < 1.29 is 9.90 Å². The second kappa shape index (κ2) is 6.13. The third-order valence-corrected chi connectivity index (χ3v) is 4.23. The minimum atomic E-state index is -0.280. The Morgan fingerprint density at radius 1 is 1.36 bits per heavy atom. The summed E-state index contributed by atoms with van der Waals surface area (Å²) in [6.07, 6.45) is 0. The normalized spacial score (nSPS) is 10.6. The molecular weight excluding hydrogens is 298 g/mol. The summed E-state index contributed by atoms with van der Waals surface area (Å²) in [5.74, 6) is -0.280. The van der Waals surface area contributed by atoms with Crippen molar-refractivity contribution in [3.63, 3.8) is 0 Å². The molecule has 0 radical (unpaired) electrons. The number of aliphatic hydroxyl groups excluding tert-OH is 1. The fraction of sp³-hybridized carbons (Fsp3) is 0.125. The number of aliphatic hydroxyl groups is 1. The van der Waals surface area contributed by atoms with E-state index in [0.29, 0.717) is 11.4 Å². The molecule has 0 fully saturated rings. The maximum Gasteiger partial charge on any atom is 0.276 e. The van der Waals surface area contributed by atoms with Gasteiger partial charge in [0.05, 0.1) is 17.2 Å². The fourth-order valence-corrected chi connectivity index (χ4v) is 2.78. The lowest BCUT2D eigenvalue weighted by Gasteiger charge is -2.08. The summed E-state index contributed by atoms with van der Waals surface area (Å²) in [7, 11) is 0. The number of amides is 1. The molecule has 0 aliphatic heterocycles. The van der Waals surface area contributed by atoms with Gasteiger partial charge in [0.25, 0.3) is 5.91 Å². The number of thiophene rings is 1. The van der Waals surface area contributed by atoms with E-state index in [1.165, 1.54) is 0 Å². The quantitative estimate of drug-likeness (QED) is 0.692. The molecule has 0 bridgehead atoms. The third-order valence-electron chi connectivity index (χ3n) is 3.33. The zero-order valence-electron chi connectivity index (χ0n) is 12.0. The Bertz CT molecular complexity index is 794. The standard InChI is InChI=1S/C16H15N3O2S/c1-10-4-5-11(9-20)7-12(10)17-16(21)14-8-13(18-19-14)15-3-2-6-22-15/h2-8,20H,9H2,1H3,(H,17,21)(H,18,19). The third kappa shape index (κ3) is 2.93. The molecule has 1 amide bonds. The second-order valence-electron chi connectivity index (χ2n) is 4.91. The number of aromatic amines is 1. The van der Waals surface area contributed by atoms with E-state index in [1.807, 2.05) is 36.6 Å². The van der Waals surface area contributed by atoms with Crippen LogP contribution in [0.2, 0.25) is 0 Å². The van der Waals surface area contributed by atoms with Gasteiger partial charge in [0.1, 0.15) is 0 Å². The van der Waals surface area contributed by atoms with Crippen molar-refractivity contribution in [2.75, 3.05) is 5.32 Å². The molecule has 0 aliphatic rings. The molecule has 0 aliphatic carbocycles. The Balaban J connectivity index is 1.80. The van der Waals surface area contributed by atoms with Gasteiger partial charge in [-0.1, -0.05) is 18.2 Å². The number of nitrogens with zero attached hydrogens (tertiary/aromatic N) is 1. The number of nitrogens with one attached hydrogen (secondary N) is 2. The van der Waals surface area contributed by atoms with Crippen molar-refractivity contribution in [3.05, 3.63) is 58.6 Å². The summed E-state index contributed by atoms with van der Waals surface area (Å²) in [5.41, 5.74) is 3.51. The summed E-state index contributed by atoms with van der Waals surface area (Å²) < 4.78 is 0. The van der Waals surface area contributed by atoms with Gasteiger partial charge in [-0.2, -0.15) is 5.10 Å². The van der Waals surface area contributed by atoms with Crippen molar-refractivity contribution >= 4 is 22.9 Å². The van der Waals surface area contributed by atoms with Crippen molar-refractivity contribution in [3.8, 4) is 10.6 Å². The Labute approximate surface area is 131 Å². The SMILES string of the molecule is Cc1ccc(CO)cc1NC(=O)c1cc(-c2cccs2)[nH]n1. The molecule has 5 nitrogen and oxygen atoms in total. The number of hydrogen-bond donors (Lipinski definition) is 3. The first kappa shape index (κ1) is 14.5. The van der Waals surface area contributed by atoms with Crippen molar-refractivity contribution in [2.24, 2.45) is 0 Å². The smallest absolute Gasteiger partial charge is 0.276 e.